The minimum atomic E-state index is 0.505. The molecule has 4 aliphatic rings. The maximum absolute atomic E-state index is 4.46. The van der Waals surface area contributed by atoms with Crippen molar-refractivity contribution in [3.05, 3.63) is 24.4 Å². The van der Waals surface area contributed by atoms with E-state index in [2.05, 4.69) is 39.2 Å². The predicted molar refractivity (Wildman–Crippen MR) is 103 cm³/mol. The molecule has 1 N–H and O–H groups in total. The molecule has 4 fully saturated rings. The van der Waals surface area contributed by atoms with Crippen LogP contribution in [0.15, 0.2) is 24.4 Å². The summed E-state index contributed by atoms with van der Waals surface area (Å²) in [5, 5.41) is 3.79. The second-order valence-electron chi connectivity index (χ2n) is 9.95. The molecule has 1 heterocycles. The van der Waals surface area contributed by atoms with E-state index in [1.54, 1.807) is 0 Å². The second-order valence-corrected chi connectivity index (χ2v) is 9.95. The fourth-order valence-corrected chi connectivity index (χ4v) is 7.71. The molecular weight excluding hydrogens is 290 g/mol. The number of piperidine rings is 1. The van der Waals surface area contributed by atoms with Gasteiger partial charge in [0.15, 0.2) is 0 Å². The largest absolute Gasteiger partial charge is 0.386 e. The van der Waals surface area contributed by atoms with Crippen LogP contribution in [0.2, 0.25) is 0 Å². The molecule has 134 valence electrons. The number of allylic oxidation sites excluding steroid dienone is 2. The van der Waals surface area contributed by atoms with Gasteiger partial charge in [-0.25, -0.2) is 0 Å². The maximum Gasteiger partial charge on any atom is 0.0314 e. The van der Waals surface area contributed by atoms with Crippen LogP contribution in [0.3, 0.4) is 0 Å². The van der Waals surface area contributed by atoms with E-state index in [1.807, 2.05) is 0 Å². The molecule has 4 rings (SSSR count). The highest BCUT2D eigenvalue weighted by Crippen LogP contribution is 2.66. The third-order valence-corrected chi connectivity index (χ3v) is 9.16. The zero-order chi connectivity index (χ0) is 17.1. The van der Waals surface area contributed by atoms with Crippen molar-refractivity contribution in [3.8, 4) is 0 Å². The van der Waals surface area contributed by atoms with Gasteiger partial charge in [-0.2, -0.15) is 0 Å². The zero-order valence-corrected chi connectivity index (χ0v) is 16.2. The lowest BCUT2D eigenvalue weighted by Crippen LogP contribution is -2.59. The van der Waals surface area contributed by atoms with E-state index in [1.165, 1.54) is 69.1 Å². The van der Waals surface area contributed by atoms with Crippen molar-refractivity contribution in [1.29, 1.82) is 0 Å². The molecule has 0 bridgehead atoms. The van der Waals surface area contributed by atoms with Gasteiger partial charge < -0.3 is 5.32 Å². The van der Waals surface area contributed by atoms with Crippen molar-refractivity contribution in [2.45, 2.75) is 84.6 Å². The summed E-state index contributed by atoms with van der Waals surface area (Å²) >= 11 is 0. The molecule has 0 spiro atoms. The Bertz CT molecular complexity index is 548. The molecule has 1 aliphatic heterocycles. The molecule has 0 aromatic carbocycles. The Kier molecular flexibility index (Phi) is 3.93. The lowest BCUT2D eigenvalue weighted by molar-refractivity contribution is -0.0872. The Hall–Kier alpha value is -0.720. The van der Waals surface area contributed by atoms with Crippen molar-refractivity contribution < 1.29 is 0 Å². The molecule has 0 radical (unpaired) electrons. The van der Waals surface area contributed by atoms with Gasteiger partial charge in [-0.3, -0.25) is 0 Å². The highest BCUT2D eigenvalue weighted by Gasteiger charge is 2.60. The lowest BCUT2D eigenvalue weighted by Gasteiger charge is -2.60. The van der Waals surface area contributed by atoms with E-state index in [0.717, 1.165) is 23.7 Å². The SMILES string of the molecule is C=C1CCC2(C)C(CCC3C2CCC2(C)C(C(=C)CC)CCC32)N1. The molecule has 0 aromatic rings. The number of rotatable bonds is 2. The van der Waals surface area contributed by atoms with Gasteiger partial charge in [0.05, 0.1) is 0 Å². The van der Waals surface area contributed by atoms with E-state index < -0.39 is 0 Å². The minimum absolute atomic E-state index is 0.505. The van der Waals surface area contributed by atoms with E-state index in [4.69, 9.17) is 0 Å². The van der Waals surface area contributed by atoms with Crippen LogP contribution in [0.1, 0.15) is 78.6 Å². The Labute approximate surface area is 149 Å². The first kappa shape index (κ1) is 16.7. The van der Waals surface area contributed by atoms with E-state index in [-0.39, 0.29) is 0 Å². The topological polar surface area (TPSA) is 12.0 Å². The van der Waals surface area contributed by atoms with Crippen molar-refractivity contribution in [2.75, 3.05) is 0 Å². The monoisotopic (exact) mass is 327 g/mol. The first-order valence-corrected chi connectivity index (χ1v) is 10.5. The third-order valence-electron chi connectivity index (χ3n) is 9.16. The van der Waals surface area contributed by atoms with Gasteiger partial charge in [-0.05, 0) is 92.3 Å². The molecule has 3 aliphatic carbocycles. The third kappa shape index (κ3) is 2.19. The van der Waals surface area contributed by atoms with Crippen molar-refractivity contribution in [3.63, 3.8) is 0 Å². The highest BCUT2D eigenvalue weighted by atomic mass is 15.0. The smallest absolute Gasteiger partial charge is 0.0314 e. The molecule has 3 saturated carbocycles. The molecule has 7 unspecified atom stereocenters. The predicted octanol–water partition coefficient (Wildman–Crippen LogP) is 6.08. The van der Waals surface area contributed by atoms with E-state index in [9.17, 15) is 0 Å². The summed E-state index contributed by atoms with van der Waals surface area (Å²) < 4.78 is 0. The molecule has 7 atom stereocenters. The first-order chi connectivity index (χ1) is 11.4. The van der Waals surface area contributed by atoms with Crippen LogP contribution >= 0.6 is 0 Å². The molecule has 1 heteroatoms. The van der Waals surface area contributed by atoms with Gasteiger partial charge in [0, 0.05) is 11.7 Å². The minimum Gasteiger partial charge on any atom is -0.386 e. The lowest BCUT2D eigenvalue weighted by atomic mass is 9.46. The Morgan fingerprint density at radius 1 is 1.04 bits per heavy atom. The molecule has 1 saturated heterocycles. The molecule has 24 heavy (non-hydrogen) atoms. The Balaban J connectivity index is 1.61. The number of fused-ring (bicyclic) bond motifs is 5. The summed E-state index contributed by atoms with van der Waals surface area (Å²) in [6.07, 6.45) is 12.3. The molecular formula is C23H37N. The number of hydrogen-bond donors (Lipinski definition) is 1. The first-order valence-electron chi connectivity index (χ1n) is 10.5. The highest BCUT2D eigenvalue weighted by molar-refractivity contribution is 5.18. The van der Waals surface area contributed by atoms with Crippen LogP contribution in [-0.2, 0) is 0 Å². The summed E-state index contributed by atoms with van der Waals surface area (Å²) in [7, 11) is 0. The van der Waals surface area contributed by atoms with Gasteiger partial charge in [0.25, 0.3) is 0 Å². The standard InChI is InChI=1S/C23H37N/c1-6-15(2)18-8-9-19-17-7-10-21-23(5,13-11-16(3)24-21)20(17)12-14-22(18,19)4/h17-21,24H,2-3,6-14H2,1,4-5H3. The Morgan fingerprint density at radius 2 is 1.79 bits per heavy atom. The fourth-order valence-electron chi connectivity index (χ4n) is 7.71. The average Bonchev–Trinajstić information content (AvgIpc) is 2.92. The van der Waals surface area contributed by atoms with Crippen LogP contribution in [0.4, 0.5) is 0 Å². The van der Waals surface area contributed by atoms with Crippen molar-refractivity contribution >= 4 is 0 Å². The fraction of sp³-hybridized carbons (Fsp3) is 0.826. The van der Waals surface area contributed by atoms with Gasteiger partial charge in [-0.1, -0.05) is 39.5 Å². The van der Waals surface area contributed by atoms with Crippen molar-refractivity contribution in [2.24, 2.45) is 34.5 Å². The molecule has 0 amide bonds. The summed E-state index contributed by atoms with van der Waals surface area (Å²) in [5.74, 6) is 3.65. The second kappa shape index (κ2) is 5.64. The number of hydrogen-bond acceptors (Lipinski definition) is 1. The average molecular weight is 328 g/mol. The van der Waals surface area contributed by atoms with Crippen molar-refractivity contribution in [1.82, 2.24) is 5.32 Å². The molecule has 0 aromatic heterocycles. The molecule has 1 nitrogen and oxygen atoms in total. The van der Waals surface area contributed by atoms with Gasteiger partial charge in [0.2, 0.25) is 0 Å². The summed E-state index contributed by atoms with van der Waals surface area (Å²) in [6.45, 7) is 16.2. The quantitative estimate of drug-likeness (QED) is 0.606. The van der Waals surface area contributed by atoms with E-state index >= 15 is 0 Å². The van der Waals surface area contributed by atoms with Gasteiger partial charge in [0.1, 0.15) is 0 Å². The zero-order valence-electron chi connectivity index (χ0n) is 16.2. The van der Waals surface area contributed by atoms with Gasteiger partial charge >= 0.3 is 0 Å². The summed E-state index contributed by atoms with van der Waals surface area (Å²) in [5.41, 5.74) is 3.87. The Morgan fingerprint density at radius 3 is 2.54 bits per heavy atom. The van der Waals surface area contributed by atoms with Crippen LogP contribution in [-0.4, -0.2) is 6.04 Å². The summed E-state index contributed by atoms with van der Waals surface area (Å²) in [6, 6.07) is 0.687. The van der Waals surface area contributed by atoms with Crippen LogP contribution < -0.4 is 5.32 Å². The van der Waals surface area contributed by atoms with Crippen LogP contribution in [0.25, 0.3) is 0 Å². The van der Waals surface area contributed by atoms with E-state index in [0.29, 0.717) is 16.9 Å². The van der Waals surface area contributed by atoms with Crippen LogP contribution in [0.5, 0.6) is 0 Å². The normalized spacial score (nSPS) is 50.5. The van der Waals surface area contributed by atoms with Gasteiger partial charge in [-0.15, -0.1) is 0 Å². The number of nitrogens with one attached hydrogen (secondary N) is 1. The summed E-state index contributed by atoms with van der Waals surface area (Å²) in [4.78, 5) is 0. The van der Waals surface area contributed by atoms with Crippen LogP contribution in [0, 0.1) is 34.5 Å². The maximum atomic E-state index is 4.46.